The summed E-state index contributed by atoms with van der Waals surface area (Å²) in [5.41, 5.74) is 6.95. The number of carbonyl (C=O) groups is 2. The van der Waals surface area contributed by atoms with Crippen LogP contribution in [-0.2, 0) is 4.79 Å². The van der Waals surface area contributed by atoms with Crippen molar-refractivity contribution in [3.63, 3.8) is 0 Å². The van der Waals surface area contributed by atoms with Gasteiger partial charge in [0.15, 0.2) is 0 Å². The maximum absolute atomic E-state index is 12.3. The lowest BCUT2D eigenvalue weighted by Gasteiger charge is -2.32. The Labute approximate surface area is 125 Å². The Morgan fingerprint density at radius 1 is 1.24 bits per heavy atom. The SMILES string of the molecule is CCCC(=O)NC1CCN(C(=O)c2ccc(N)cc2)CC1. The van der Waals surface area contributed by atoms with Gasteiger partial charge in [0.25, 0.3) is 5.91 Å². The molecule has 0 spiro atoms. The van der Waals surface area contributed by atoms with Gasteiger partial charge < -0.3 is 16.0 Å². The van der Waals surface area contributed by atoms with E-state index in [9.17, 15) is 9.59 Å². The van der Waals surface area contributed by atoms with Crippen molar-refractivity contribution in [1.82, 2.24) is 10.2 Å². The molecule has 0 bridgehead atoms. The molecule has 1 heterocycles. The molecule has 2 rings (SSSR count). The van der Waals surface area contributed by atoms with Crippen LogP contribution in [0.5, 0.6) is 0 Å². The van der Waals surface area contributed by atoms with Crippen molar-refractivity contribution in [3.8, 4) is 0 Å². The zero-order chi connectivity index (χ0) is 15.2. The maximum atomic E-state index is 12.3. The molecule has 0 atom stereocenters. The molecule has 1 saturated heterocycles. The molecule has 2 amide bonds. The summed E-state index contributed by atoms with van der Waals surface area (Å²) in [7, 11) is 0. The second-order valence-electron chi connectivity index (χ2n) is 5.51. The zero-order valence-corrected chi connectivity index (χ0v) is 12.5. The van der Waals surface area contributed by atoms with Crippen molar-refractivity contribution in [2.75, 3.05) is 18.8 Å². The number of piperidine rings is 1. The van der Waals surface area contributed by atoms with E-state index in [1.165, 1.54) is 0 Å². The number of nitrogen functional groups attached to an aromatic ring is 1. The largest absolute Gasteiger partial charge is 0.399 e. The first-order valence-corrected chi connectivity index (χ1v) is 7.54. The van der Waals surface area contributed by atoms with Gasteiger partial charge in [0.2, 0.25) is 5.91 Å². The van der Waals surface area contributed by atoms with Crippen molar-refractivity contribution >= 4 is 17.5 Å². The van der Waals surface area contributed by atoms with Gasteiger partial charge in [-0.2, -0.15) is 0 Å². The maximum Gasteiger partial charge on any atom is 0.253 e. The van der Waals surface area contributed by atoms with E-state index >= 15 is 0 Å². The third-order valence-corrected chi connectivity index (χ3v) is 3.78. The Morgan fingerprint density at radius 2 is 1.86 bits per heavy atom. The molecule has 3 N–H and O–H groups in total. The molecule has 5 heteroatoms. The number of amides is 2. The number of rotatable bonds is 4. The van der Waals surface area contributed by atoms with Crippen molar-refractivity contribution in [1.29, 1.82) is 0 Å². The van der Waals surface area contributed by atoms with E-state index in [2.05, 4.69) is 5.32 Å². The van der Waals surface area contributed by atoms with E-state index in [1.54, 1.807) is 24.3 Å². The smallest absolute Gasteiger partial charge is 0.253 e. The summed E-state index contributed by atoms with van der Waals surface area (Å²) in [6.07, 6.45) is 3.07. The van der Waals surface area contributed by atoms with Crippen molar-refractivity contribution in [2.24, 2.45) is 0 Å². The highest BCUT2D eigenvalue weighted by molar-refractivity contribution is 5.94. The lowest BCUT2D eigenvalue weighted by molar-refractivity contribution is -0.122. The fourth-order valence-corrected chi connectivity index (χ4v) is 2.56. The van der Waals surface area contributed by atoms with Crippen LogP contribution in [0.1, 0.15) is 43.0 Å². The molecule has 21 heavy (non-hydrogen) atoms. The predicted octanol–water partition coefficient (Wildman–Crippen LogP) is 1.79. The minimum absolute atomic E-state index is 0.0355. The average molecular weight is 289 g/mol. The molecule has 1 aliphatic rings. The number of anilines is 1. The summed E-state index contributed by atoms with van der Waals surface area (Å²) in [6, 6.07) is 7.19. The van der Waals surface area contributed by atoms with E-state index in [-0.39, 0.29) is 17.9 Å². The molecule has 0 radical (unpaired) electrons. The van der Waals surface area contributed by atoms with Crippen LogP contribution in [-0.4, -0.2) is 35.8 Å². The lowest BCUT2D eigenvalue weighted by atomic mass is 10.0. The van der Waals surface area contributed by atoms with Crippen LogP contribution in [0.3, 0.4) is 0 Å². The van der Waals surface area contributed by atoms with Gasteiger partial charge in [-0.3, -0.25) is 9.59 Å². The van der Waals surface area contributed by atoms with Crippen molar-refractivity contribution in [3.05, 3.63) is 29.8 Å². The number of likely N-dealkylation sites (tertiary alicyclic amines) is 1. The van der Waals surface area contributed by atoms with Crippen LogP contribution in [0, 0.1) is 0 Å². The van der Waals surface area contributed by atoms with Gasteiger partial charge in [0.05, 0.1) is 0 Å². The van der Waals surface area contributed by atoms with E-state index in [1.807, 2.05) is 11.8 Å². The van der Waals surface area contributed by atoms with E-state index in [0.717, 1.165) is 19.3 Å². The summed E-state index contributed by atoms with van der Waals surface area (Å²) in [6.45, 7) is 3.36. The Kier molecular flexibility index (Phi) is 5.20. The molecule has 1 aromatic carbocycles. The molecule has 114 valence electrons. The van der Waals surface area contributed by atoms with Gasteiger partial charge in [-0.05, 0) is 43.5 Å². The zero-order valence-electron chi connectivity index (χ0n) is 12.5. The van der Waals surface area contributed by atoms with Crippen molar-refractivity contribution in [2.45, 2.75) is 38.6 Å². The number of hydrogen-bond donors (Lipinski definition) is 2. The second-order valence-corrected chi connectivity index (χ2v) is 5.51. The summed E-state index contributed by atoms with van der Waals surface area (Å²) in [5.74, 6) is 0.147. The number of hydrogen-bond acceptors (Lipinski definition) is 3. The Morgan fingerprint density at radius 3 is 2.43 bits per heavy atom. The first-order valence-electron chi connectivity index (χ1n) is 7.54. The summed E-state index contributed by atoms with van der Waals surface area (Å²) in [5, 5.41) is 3.03. The van der Waals surface area contributed by atoms with Crippen molar-refractivity contribution < 1.29 is 9.59 Å². The summed E-state index contributed by atoms with van der Waals surface area (Å²) < 4.78 is 0. The van der Waals surface area contributed by atoms with Gasteiger partial charge in [-0.25, -0.2) is 0 Å². The third kappa shape index (κ3) is 4.21. The molecular formula is C16H23N3O2. The molecule has 5 nitrogen and oxygen atoms in total. The van der Waals surface area contributed by atoms with Crippen LogP contribution in [0.25, 0.3) is 0 Å². The highest BCUT2D eigenvalue weighted by Crippen LogP contribution is 2.15. The highest BCUT2D eigenvalue weighted by atomic mass is 16.2. The fourth-order valence-electron chi connectivity index (χ4n) is 2.56. The number of carbonyl (C=O) groups excluding carboxylic acids is 2. The number of benzene rings is 1. The quantitative estimate of drug-likeness (QED) is 0.830. The van der Waals surface area contributed by atoms with Crippen LogP contribution in [0.15, 0.2) is 24.3 Å². The fraction of sp³-hybridized carbons (Fsp3) is 0.500. The molecule has 0 aromatic heterocycles. The van der Waals surface area contributed by atoms with E-state index < -0.39 is 0 Å². The van der Waals surface area contributed by atoms with Gasteiger partial charge in [-0.1, -0.05) is 6.92 Å². The first kappa shape index (κ1) is 15.4. The van der Waals surface area contributed by atoms with E-state index in [4.69, 9.17) is 5.73 Å². The monoisotopic (exact) mass is 289 g/mol. The van der Waals surface area contributed by atoms with Gasteiger partial charge in [-0.15, -0.1) is 0 Å². The Balaban J connectivity index is 1.84. The third-order valence-electron chi connectivity index (χ3n) is 3.78. The lowest BCUT2D eigenvalue weighted by Crippen LogP contribution is -2.46. The molecule has 0 unspecified atom stereocenters. The number of nitrogens with zero attached hydrogens (tertiary/aromatic N) is 1. The van der Waals surface area contributed by atoms with Gasteiger partial charge >= 0.3 is 0 Å². The molecule has 1 aliphatic heterocycles. The first-order chi connectivity index (χ1) is 10.1. The number of nitrogens with two attached hydrogens (primary N) is 1. The van der Waals surface area contributed by atoms with Crippen LogP contribution >= 0.6 is 0 Å². The standard InChI is InChI=1S/C16H23N3O2/c1-2-3-15(20)18-14-8-10-19(11-9-14)16(21)12-4-6-13(17)7-5-12/h4-7,14H,2-3,8-11,17H2,1H3,(H,18,20). The van der Waals surface area contributed by atoms with Gasteiger partial charge in [0, 0.05) is 36.8 Å². The topological polar surface area (TPSA) is 75.4 Å². The minimum Gasteiger partial charge on any atom is -0.399 e. The molecule has 0 saturated carbocycles. The van der Waals surface area contributed by atoms with E-state index in [0.29, 0.717) is 30.8 Å². The Bertz CT molecular complexity index is 491. The average Bonchev–Trinajstić information content (AvgIpc) is 2.48. The summed E-state index contributed by atoms with van der Waals surface area (Å²) in [4.78, 5) is 25.8. The second kappa shape index (κ2) is 7.11. The van der Waals surface area contributed by atoms with Gasteiger partial charge in [0.1, 0.15) is 0 Å². The van der Waals surface area contributed by atoms with Crippen LogP contribution < -0.4 is 11.1 Å². The normalized spacial score (nSPS) is 15.8. The highest BCUT2D eigenvalue weighted by Gasteiger charge is 2.24. The Hall–Kier alpha value is -2.04. The minimum atomic E-state index is 0.0355. The summed E-state index contributed by atoms with van der Waals surface area (Å²) >= 11 is 0. The van der Waals surface area contributed by atoms with Crippen LogP contribution in [0.4, 0.5) is 5.69 Å². The number of nitrogens with one attached hydrogen (secondary N) is 1. The predicted molar refractivity (Wildman–Crippen MR) is 82.8 cm³/mol. The molecule has 1 fully saturated rings. The molecular weight excluding hydrogens is 266 g/mol. The van der Waals surface area contributed by atoms with Crippen LogP contribution in [0.2, 0.25) is 0 Å². The molecule has 1 aromatic rings. The molecule has 0 aliphatic carbocycles.